The van der Waals surface area contributed by atoms with E-state index in [0.717, 1.165) is 30.1 Å². The first-order chi connectivity index (χ1) is 12.6. The molecule has 5 nitrogen and oxygen atoms in total. The largest absolute Gasteiger partial charge is 0.497 e. The van der Waals surface area contributed by atoms with Crippen molar-refractivity contribution in [1.82, 2.24) is 4.90 Å². The molecule has 138 valence electrons. The molecule has 1 heterocycles. The lowest BCUT2D eigenvalue weighted by Crippen LogP contribution is -2.49. The lowest BCUT2D eigenvalue weighted by atomic mass is 10.1. The van der Waals surface area contributed by atoms with Crippen LogP contribution in [0.5, 0.6) is 11.5 Å². The normalized spacial score (nSPS) is 14.3. The number of hydrogen-bond donors (Lipinski definition) is 0. The summed E-state index contributed by atoms with van der Waals surface area (Å²) in [4.78, 5) is 16.8. The van der Waals surface area contributed by atoms with E-state index in [-0.39, 0.29) is 5.91 Å². The summed E-state index contributed by atoms with van der Waals surface area (Å²) < 4.78 is 10.6. The third kappa shape index (κ3) is 4.22. The molecule has 0 radical (unpaired) electrons. The van der Waals surface area contributed by atoms with Gasteiger partial charge >= 0.3 is 0 Å². The maximum absolute atomic E-state index is 12.7. The summed E-state index contributed by atoms with van der Waals surface area (Å²) in [6, 6.07) is 13.4. The summed E-state index contributed by atoms with van der Waals surface area (Å²) >= 11 is 6.06. The van der Waals surface area contributed by atoms with Crippen LogP contribution in [0, 0.1) is 0 Å². The van der Waals surface area contributed by atoms with Gasteiger partial charge in [-0.3, -0.25) is 4.79 Å². The fourth-order valence-corrected chi connectivity index (χ4v) is 3.38. The van der Waals surface area contributed by atoms with Crippen LogP contribution in [0.2, 0.25) is 5.02 Å². The summed E-state index contributed by atoms with van der Waals surface area (Å²) in [6.07, 6.45) is 0.295. The lowest BCUT2D eigenvalue weighted by molar-refractivity contribution is -0.130. The molecule has 0 bridgehead atoms. The number of hydrogen-bond acceptors (Lipinski definition) is 4. The minimum atomic E-state index is 0.0934. The molecule has 1 amide bonds. The molecule has 0 aliphatic carbocycles. The number of anilines is 1. The number of carbonyl (C=O) groups is 1. The molecule has 1 aliphatic heterocycles. The minimum Gasteiger partial charge on any atom is -0.497 e. The van der Waals surface area contributed by atoms with Gasteiger partial charge in [0, 0.05) is 48.5 Å². The van der Waals surface area contributed by atoms with E-state index in [2.05, 4.69) is 11.0 Å². The molecular formula is C20H23ClN2O3. The average molecular weight is 375 g/mol. The SMILES string of the molecule is COc1cccc(N2CCN(C(=O)Cc3cc(Cl)ccc3OC)CC2)c1. The number of piperazine rings is 1. The number of nitrogens with zero attached hydrogens (tertiary/aromatic N) is 2. The second-order valence-corrected chi connectivity index (χ2v) is 6.64. The van der Waals surface area contributed by atoms with E-state index in [9.17, 15) is 4.79 Å². The second-order valence-electron chi connectivity index (χ2n) is 6.20. The fraction of sp³-hybridized carbons (Fsp3) is 0.350. The Morgan fingerprint density at radius 1 is 1.04 bits per heavy atom. The highest BCUT2D eigenvalue weighted by Gasteiger charge is 2.22. The zero-order valence-electron chi connectivity index (χ0n) is 15.1. The number of methoxy groups -OCH3 is 2. The Bertz CT molecular complexity index is 773. The Balaban J connectivity index is 1.61. The third-order valence-electron chi connectivity index (χ3n) is 4.63. The quantitative estimate of drug-likeness (QED) is 0.805. The van der Waals surface area contributed by atoms with E-state index in [1.807, 2.05) is 23.1 Å². The van der Waals surface area contributed by atoms with Crippen molar-refractivity contribution in [3.8, 4) is 11.5 Å². The van der Waals surface area contributed by atoms with Gasteiger partial charge in [-0.05, 0) is 30.3 Å². The molecule has 1 saturated heterocycles. The number of halogens is 1. The van der Waals surface area contributed by atoms with Crippen LogP contribution >= 0.6 is 11.6 Å². The molecule has 1 aliphatic rings. The molecule has 2 aromatic rings. The Hall–Kier alpha value is -2.40. The van der Waals surface area contributed by atoms with Gasteiger partial charge in [0.1, 0.15) is 11.5 Å². The van der Waals surface area contributed by atoms with Crippen molar-refractivity contribution in [3.63, 3.8) is 0 Å². The first-order valence-corrected chi connectivity index (χ1v) is 8.97. The Labute approximate surface area is 159 Å². The van der Waals surface area contributed by atoms with E-state index in [1.165, 1.54) is 0 Å². The van der Waals surface area contributed by atoms with Gasteiger partial charge in [0.2, 0.25) is 5.91 Å². The molecule has 6 heteroatoms. The Morgan fingerprint density at radius 2 is 1.81 bits per heavy atom. The van der Waals surface area contributed by atoms with E-state index in [1.54, 1.807) is 32.4 Å². The molecule has 0 aromatic heterocycles. The van der Waals surface area contributed by atoms with Gasteiger partial charge in [-0.25, -0.2) is 0 Å². The molecule has 0 N–H and O–H groups in total. The monoisotopic (exact) mass is 374 g/mol. The summed E-state index contributed by atoms with van der Waals surface area (Å²) in [7, 11) is 3.27. The first-order valence-electron chi connectivity index (χ1n) is 8.60. The van der Waals surface area contributed by atoms with Crippen molar-refractivity contribution >= 4 is 23.2 Å². The van der Waals surface area contributed by atoms with E-state index in [4.69, 9.17) is 21.1 Å². The van der Waals surface area contributed by atoms with Crippen LogP contribution in [0.1, 0.15) is 5.56 Å². The summed E-state index contributed by atoms with van der Waals surface area (Å²) in [5.74, 6) is 1.63. The van der Waals surface area contributed by atoms with Gasteiger partial charge in [-0.15, -0.1) is 0 Å². The standard InChI is InChI=1S/C20H23ClN2O3/c1-25-18-5-3-4-17(14-18)22-8-10-23(11-9-22)20(24)13-15-12-16(21)6-7-19(15)26-2/h3-7,12,14H,8-11,13H2,1-2H3. The molecule has 2 aromatic carbocycles. The maximum atomic E-state index is 12.7. The number of carbonyl (C=O) groups excluding carboxylic acids is 1. The predicted molar refractivity (Wildman–Crippen MR) is 103 cm³/mol. The highest BCUT2D eigenvalue weighted by atomic mass is 35.5. The van der Waals surface area contributed by atoms with Gasteiger partial charge in [-0.2, -0.15) is 0 Å². The highest BCUT2D eigenvalue weighted by Crippen LogP contribution is 2.25. The van der Waals surface area contributed by atoms with Crippen molar-refractivity contribution in [2.75, 3.05) is 45.3 Å². The van der Waals surface area contributed by atoms with Crippen LogP contribution in [-0.2, 0) is 11.2 Å². The van der Waals surface area contributed by atoms with Crippen LogP contribution in [0.3, 0.4) is 0 Å². The number of rotatable bonds is 5. The summed E-state index contributed by atoms with van der Waals surface area (Å²) in [6.45, 7) is 2.98. The van der Waals surface area contributed by atoms with Crippen LogP contribution in [0.25, 0.3) is 0 Å². The fourth-order valence-electron chi connectivity index (χ4n) is 3.18. The molecule has 0 unspecified atom stereocenters. The maximum Gasteiger partial charge on any atom is 0.227 e. The minimum absolute atomic E-state index is 0.0934. The Morgan fingerprint density at radius 3 is 2.50 bits per heavy atom. The van der Waals surface area contributed by atoms with Crippen LogP contribution in [0.4, 0.5) is 5.69 Å². The van der Waals surface area contributed by atoms with Gasteiger partial charge in [-0.1, -0.05) is 17.7 Å². The van der Waals surface area contributed by atoms with Crippen LogP contribution < -0.4 is 14.4 Å². The molecule has 26 heavy (non-hydrogen) atoms. The van der Waals surface area contributed by atoms with Crippen LogP contribution in [0.15, 0.2) is 42.5 Å². The zero-order valence-corrected chi connectivity index (χ0v) is 15.8. The average Bonchev–Trinajstić information content (AvgIpc) is 2.68. The predicted octanol–water partition coefficient (Wildman–Crippen LogP) is 3.25. The van der Waals surface area contributed by atoms with Crippen molar-refractivity contribution in [2.24, 2.45) is 0 Å². The third-order valence-corrected chi connectivity index (χ3v) is 4.87. The van der Waals surface area contributed by atoms with E-state index in [0.29, 0.717) is 30.3 Å². The molecule has 0 saturated carbocycles. The van der Waals surface area contributed by atoms with Gasteiger partial charge in [0.25, 0.3) is 0 Å². The summed E-state index contributed by atoms with van der Waals surface area (Å²) in [5.41, 5.74) is 1.94. The van der Waals surface area contributed by atoms with Gasteiger partial charge in [0.15, 0.2) is 0 Å². The van der Waals surface area contributed by atoms with Crippen LogP contribution in [-0.4, -0.2) is 51.2 Å². The molecule has 0 spiro atoms. The zero-order chi connectivity index (χ0) is 18.5. The molecular weight excluding hydrogens is 352 g/mol. The van der Waals surface area contributed by atoms with Gasteiger partial charge < -0.3 is 19.3 Å². The van der Waals surface area contributed by atoms with Crippen molar-refractivity contribution in [3.05, 3.63) is 53.1 Å². The first kappa shape index (κ1) is 18.4. The number of ether oxygens (including phenoxy) is 2. The van der Waals surface area contributed by atoms with E-state index >= 15 is 0 Å². The number of benzene rings is 2. The smallest absolute Gasteiger partial charge is 0.227 e. The van der Waals surface area contributed by atoms with Gasteiger partial charge in [0.05, 0.1) is 20.6 Å². The number of amides is 1. The lowest BCUT2D eigenvalue weighted by Gasteiger charge is -2.36. The van der Waals surface area contributed by atoms with Crippen molar-refractivity contribution in [2.45, 2.75) is 6.42 Å². The second kappa shape index (κ2) is 8.32. The molecule has 1 fully saturated rings. The van der Waals surface area contributed by atoms with E-state index < -0.39 is 0 Å². The van der Waals surface area contributed by atoms with Crippen molar-refractivity contribution in [1.29, 1.82) is 0 Å². The molecule has 3 rings (SSSR count). The van der Waals surface area contributed by atoms with Crippen molar-refractivity contribution < 1.29 is 14.3 Å². The topological polar surface area (TPSA) is 42.0 Å². The Kier molecular flexibility index (Phi) is 5.89. The summed E-state index contributed by atoms with van der Waals surface area (Å²) in [5, 5.41) is 0.608. The highest BCUT2D eigenvalue weighted by molar-refractivity contribution is 6.30. The molecule has 0 atom stereocenters.